The maximum Gasteiger partial charge on any atom is 0.202 e. The number of hydrogen-bond acceptors (Lipinski definition) is 2. The van der Waals surface area contributed by atoms with Gasteiger partial charge >= 0.3 is 0 Å². The first-order valence-electron chi connectivity index (χ1n) is 1.42. The fourth-order valence-electron chi connectivity index (χ4n) is 0. The van der Waals surface area contributed by atoms with Gasteiger partial charge in [-0.25, -0.2) is 0 Å². The highest BCUT2D eigenvalue weighted by Crippen LogP contribution is 1.56. The summed E-state index contributed by atoms with van der Waals surface area (Å²) in [6.07, 6.45) is -1.23. The van der Waals surface area contributed by atoms with Crippen molar-refractivity contribution in [2.45, 2.75) is 6.29 Å². The molecule has 0 fully saturated rings. The number of quaternary nitrogens is 1. The molecule has 0 rings (SSSR count). The summed E-state index contributed by atoms with van der Waals surface area (Å²) in [4.78, 5) is 0. The van der Waals surface area contributed by atoms with E-state index in [1.54, 1.807) is 0 Å². The van der Waals surface area contributed by atoms with Crippen LogP contribution in [0.3, 0.4) is 0 Å². The van der Waals surface area contributed by atoms with E-state index in [4.69, 9.17) is 10.2 Å². The molecule has 3 heteroatoms. The number of aliphatic hydroxyl groups excluding tert-OH is 1. The lowest BCUT2D eigenvalue weighted by molar-refractivity contribution is -0.402. The van der Waals surface area contributed by atoms with E-state index in [1.165, 1.54) is 0 Å². The normalized spacial score (nSPS) is 9.60. The predicted molar refractivity (Wildman–Crippen MR) is 16.0 cm³/mol. The van der Waals surface area contributed by atoms with Gasteiger partial charge in [-0.05, 0) is 0 Å². The van der Waals surface area contributed by atoms with Gasteiger partial charge in [0.1, 0.15) is 6.54 Å². The fourth-order valence-corrected chi connectivity index (χ4v) is 0. The molecule has 0 aliphatic rings. The van der Waals surface area contributed by atoms with Crippen LogP contribution in [0.15, 0.2) is 0 Å². The van der Waals surface area contributed by atoms with E-state index in [2.05, 4.69) is 5.73 Å². The zero-order chi connectivity index (χ0) is 4.28. The van der Waals surface area contributed by atoms with Gasteiger partial charge in [-0.3, -0.25) is 0 Å². The highest BCUT2D eigenvalue weighted by atomic mass is 16.5. The molecule has 0 amide bonds. The second-order valence-corrected chi connectivity index (χ2v) is 0.769. The van der Waals surface area contributed by atoms with Crippen LogP contribution in [0.5, 0.6) is 0 Å². The summed E-state index contributed by atoms with van der Waals surface area (Å²) in [6.45, 7) is 0.167. The van der Waals surface area contributed by atoms with E-state index >= 15 is 0 Å². The molecular formula is C2H8NO2+. The number of aliphatic hydroxyl groups is 2. The maximum absolute atomic E-state index is 7.85. The van der Waals surface area contributed by atoms with E-state index in [0.29, 0.717) is 0 Å². The Morgan fingerprint density at radius 2 is 1.80 bits per heavy atom. The van der Waals surface area contributed by atoms with Gasteiger partial charge in [0.05, 0.1) is 0 Å². The Kier molecular flexibility index (Phi) is 2.09. The Morgan fingerprint density at radius 3 is 1.80 bits per heavy atom. The first-order valence-corrected chi connectivity index (χ1v) is 1.42. The van der Waals surface area contributed by atoms with Gasteiger partial charge in [-0.2, -0.15) is 0 Å². The highest BCUT2D eigenvalue weighted by molar-refractivity contribution is 4.18. The summed E-state index contributed by atoms with van der Waals surface area (Å²) in [5, 5.41) is 15.7. The average molecular weight is 78.1 g/mol. The van der Waals surface area contributed by atoms with E-state index in [-0.39, 0.29) is 6.54 Å². The topological polar surface area (TPSA) is 68.1 Å². The molecule has 0 saturated heterocycles. The van der Waals surface area contributed by atoms with Crippen molar-refractivity contribution >= 4 is 0 Å². The largest absolute Gasteiger partial charge is 0.364 e. The van der Waals surface area contributed by atoms with Gasteiger partial charge in [-0.1, -0.05) is 0 Å². The third-order valence-electron chi connectivity index (χ3n) is 0.258. The molecule has 0 spiro atoms. The van der Waals surface area contributed by atoms with E-state index in [9.17, 15) is 0 Å². The van der Waals surface area contributed by atoms with E-state index < -0.39 is 6.29 Å². The molecular weight excluding hydrogens is 70.0 g/mol. The van der Waals surface area contributed by atoms with Crippen LogP contribution in [0.4, 0.5) is 0 Å². The molecule has 3 nitrogen and oxygen atoms in total. The lowest BCUT2D eigenvalue weighted by Crippen LogP contribution is -2.55. The molecule has 5 heavy (non-hydrogen) atoms. The van der Waals surface area contributed by atoms with Crippen LogP contribution in [-0.2, 0) is 0 Å². The summed E-state index contributed by atoms with van der Waals surface area (Å²) in [7, 11) is 0. The van der Waals surface area contributed by atoms with Gasteiger partial charge in [0.25, 0.3) is 0 Å². The SMILES string of the molecule is [NH3+]CC(O)O. The predicted octanol–water partition coefficient (Wildman–Crippen LogP) is -2.46. The van der Waals surface area contributed by atoms with E-state index in [1.807, 2.05) is 0 Å². The summed E-state index contributed by atoms with van der Waals surface area (Å²) in [5.74, 6) is 0. The third-order valence-corrected chi connectivity index (χ3v) is 0.258. The molecule has 0 bridgehead atoms. The molecule has 0 aromatic carbocycles. The van der Waals surface area contributed by atoms with Crippen LogP contribution in [0.25, 0.3) is 0 Å². The molecule has 0 atom stereocenters. The molecule has 0 aromatic rings. The molecule has 0 aliphatic carbocycles. The Balaban J connectivity index is 2.54. The van der Waals surface area contributed by atoms with Gasteiger partial charge < -0.3 is 15.9 Å². The molecule has 0 aliphatic heterocycles. The molecule has 0 unspecified atom stereocenters. The first-order chi connectivity index (χ1) is 2.27. The quantitative estimate of drug-likeness (QED) is 0.304. The number of hydrogen-bond donors (Lipinski definition) is 3. The Hall–Kier alpha value is -0.120. The lowest BCUT2D eigenvalue weighted by Gasteiger charge is -1.87. The molecule has 0 heterocycles. The second-order valence-electron chi connectivity index (χ2n) is 0.769. The monoisotopic (exact) mass is 78.1 g/mol. The zero-order valence-corrected chi connectivity index (χ0v) is 2.89. The first kappa shape index (κ1) is 4.88. The summed E-state index contributed by atoms with van der Waals surface area (Å²) in [6, 6.07) is 0. The summed E-state index contributed by atoms with van der Waals surface area (Å²) >= 11 is 0. The van der Waals surface area contributed by atoms with Crippen LogP contribution in [0, 0.1) is 0 Å². The van der Waals surface area contributed by atoms with Crippen molar-refractivity contribution in [1.29, 1.82) is 0 Å². The van der Waals surface area contributed by atoms with Crippen molar-refractivity contribution in [3.8, 4) is 0 Å². The van der Waals surface area contributed by atoms with Crippen molar-refractivity contribution < 1.29 is 15.9 Å². The van der Waals surface area contributed by atoms with Crippen molar-refractivity contribution in [3.63, 3.8) is 0 Å². The Bertz CT molecular complexity index is 21.6. The Morgan fingerprint density at radius 1 is 1.60 bits per heavy atom. The standard InChI is InChI=1S/C2H7NO2/c3-1-2(4)5/h2,4-5H,1,3H2/p+1. The van der Waals surface area contributed by atoms with Crippen molar-refractivity contribution in [3.05, 3.63) is 0 Å². The van der Waals surface area contributed by atoms with Crippen LogP contribution >= 0.6 is 0 Å². The van der Waals surface area contributed by atoms with Crippen LogP contribution in [-0.4, -0.2) is 23.0 Å². The van der Waals surface area contributed by atoms with Crippen molar-refractivity contribution in [2.24, 2.45) is 0 Å². The van der Waals surface area contributed by atoms with Crippen LogP contribution in [0.1, 0.15) is 0 Å². The number of rotatable bonds is 1. The maximum atomic E-state index is 7.85. The highest BCUT2D eigenvalue weighted by Gasteiger charge is 1.87. The molecule has 5 N–H and O–H groups in total. The van der Waals surface area contributed by atoms with Gasteiger partial charge in [-0.15, -0.1) is 0 Å². The fraction of sp³-hybridized carbons (Fsp3) is 1.00. The minimum Gasteiger partial charge on any atom is -0.364 e. The molecule has 32 valence electrons. The van der Waals surface area contributed by atoms with Gasteiger partial charge in [0.15, 0.2) is 0 Å². The minimum atomic E-state index is -1.23. The lowest BCUT2D eigenvalue weighted by atomic mass is 10.7. The van der Waals surface area contributed by atoms with Crippen LogP contribution in [0.2, 0.25) is 0 Å². The molecule has 0 radical (unpaired) electrons. The summed E-state index contributed by atoms with van der Waals surface area (Å²) in [5.41, 5.74) is 3.19. The smallest absolute Gasteiger partial charge is 0.202 e. The van der Waals surface area contributed by atoms with Crippen molar-refractivity contribution in [2.75, 3.05) is 6.54 Å². The van der Waals surface area contributed by atoms with Gasteiger partial charge in [0, 0.05) is 0 Å². The Labute approximate surface area is 30.0 Å². The zero-order valence-electron chi connectivity index (χ0n) is 2.89. The van der Waals surface area contributed by atoms with E-state index in [0.717, 1.165) is 0 Å². The minimum absolute atomic E-state index is 0.167. The molecule has 0 aromatic heterocycles. The van der Waals surface area contributed by atoms with Gasteiger partial charge in [0.2, 0.25) is 6.29 Å². The molecule has 0 saturated carbocycles. The van der Waals surface area contributed by atoms with Crippen molar-refractivity contribution in [1.82, 2.24) is 0 Å². The second kappa shape index (κ2) is 2.14. The summed E-state index contributed by atoms with van der Waals surface area (Å²) < 4.78 is 0. The van der Waals surface area contributed by atoms with Crippen LogP contribution < -0.4 is 5.73 Å². The average Bonchev–Trinajstić information content (AvgIpc) is 1.38. The third kappa shape index (κ3) is 3.88.